The van der Waals surface area contributed by atoms with E-state index in [1.807, 2.05) is 4.90 Å². The number of hydrogen-bond acceptors (Lipinski definition) is 2. The number of carbonyl (C=O) groups excluding carboxylic acids is 1. The van der Waals surface area contributed by atoms with E-state index >= 15 is 0 Å². The fourth-order valence-electron chi connectivity index (χ4n) is 1.87. The van der Waals surface area contributed by atoms with Gasteiger partial charge in [0.1, 0.15) is 0 Å². The van der Waals surface area contributed by atoms with Gasteiger partial charge < -0.3 is 4.90 Å². The molecule has 1 aromatic heterocycles. The average molecular weight is 234 g/mol. The highest BCUT2D eigenvalue weighted by Gasteiger charge is 2.24. The molecule has 1 aromatic rings. The number of hydrogen-bond donors (Lipinski definition) is 0. The molecule has 0 spiro atoms. The van der Waals surface area contributed by atoms with Crippen LogP contribution in [0.5, 0.6) is 0 Å². The molecule has 3 nitrogen and oxygen atoms in total. The van der Waals surface area contributed by atoms with Gasteiger partial charge in [-0.2, -0.15) is 0 Å². The Balaban J connectivity index is 2.95. The standard InChI is InChI=1S/C14H22N2O/c1-5-11(3)16(12(4)6-2)14(17)13-7-9-15-10-8-13/h7-12H,5-6H2,1-4H3. The molecule has 17 heavy (non-hydrogen) atoms. The molecule has 0 saturated carbocycles. The lowest BCUT2D eigenvalue weighted by molar-refractivity contribution is 0.0598. The molecule has 1 heterocycles. The summed E-state index contributed by atoms with van der Waals surface area (Å²) in [6.45, 7) is 8.43. The number of rotatable bonds is 5. The lowest BCUT2D eigenvalue weighted by Crippen LogP contribution is -2.44. The average Bonchev–Trinajstić information content (AvgIpc) is 2.39. The zero-order valence-corrected chi connectivity index (χ0v) is 11.2. The van der Waals surface area contributed by atoms with Crippen molar-refractivity contribution in [1.29, 1.82) is 0 Å². The molecule has 2 unspecified atom stereocenters. The van der Waals surface area contributed by atoms with E-state index in [-0.39, 0.29) is 18.0 Å². The van der Waals surface area contributed by atoms with Crippen LogP contribution in [0, 0.1) is 0 Å². The first kappa shape index (κ1) is 13.7. The topological polar surface area (TPSA) is 33.2 Å². The van der Waals surface area contributed by atoms with Gasteiger partial charge >= 0.3 is 0 Å². The molecule has 3 heteroatoms. The normalized spacial score (nSPS) is 14.1. The smallest absolute Gasteiger partial charge is 0.254 e. The number of amides is 1. The summed E-state index contributed by atoms with van der Waals surface area (Å²) in [5, 5.41) is 0. The third-order valence-electron chi connectivity index (χ3n) is 3.29. The molecule has 0 aliphatic heterocycles. The minimum atomic E-state index is 0.108. The summed E-state index contributed by atoms with van der Waals surface area (Å²) in [7, 11) is 0. The van der Waals surface area contributed by atoms with Gasteiger partial charge in [0.15, 0.2) is 0 Å². The summed E-state index contributed by atoms with van der Waals surface area (Å²) in [5.41, 5.74) is 0.723. The van der Waals surface area contributed by atoms with Crippen molar-refractivity contribution < 1.29 is 4.79 Å². The quantitative estimate of drug-likeness (QED) is 0.784. The first-order valence-corrected chi connectivity index (χ1v) is 6.34. The molecule has 0 aromatic carbocycles. The summed E-state index contributed by atoms with van der Waals surface area (Å²) < 4.78 is 0. The molecule has 1 rings (SSSR count). The van der Waals surface area contributed by atoms with Gasteiger partial charge in [-0.3, -0.25) is 9.78 Å². The summed E-state index contributed by atoms with van der Waals surface area (Å²) in [6, 6.07) is 4.09. The second-order valence-corrected chi connectivity index (χ2v) is 4.46. The second-order valence-electron chi connectivity index (χ2n) is 4.46. The van der Waals surface area contributed by atoms with Crippen LogP contribution in [0.1, 0.15) is 50.9 Å². The highest BCUT2D eigenvalue weighted by Crippen LogP contribution is 2.15. The molecule has 0 aliphatic rings. The molecule has 2 atom stereocenters. The van der Waals surface area contributed by atoms with Crippen molar-refractivity contribution in [2.45, 2.75) is 52.6 Å². The molecule has 0 aliphatic carbocycles. The van der Waals surface area contributed by atoms with E-state index < -0.39 is 0 Å². The highest BCUT2D eigenvalue weighted by molar-refractivity contribution is 5.94. The van der Waals surface area contributed by atoms with Crippen molar-refractivity contribution in [2.24, 2.45) is 0 Å². The first-order valence-electron chi connectivity index (χ1n) is 6.34. The Kier molecular flexibility index (Phi) is 5.13. The van der Waals surface area contributed by atoms with Gasteiger partial charge in [-0.05, 0) is 38.8 Å². The minimum Gasteiger partial charge on any atom is -0.333 e. The summed E-state index contributed by atoms with van der Waals surface area (Å²) in [4.78, 5) is 18.4. The van der Waals surface area contributed by atoms with Gasteiger partial charge in [-0.15, -0.1) is 0 Å². The fraction of sp³-hybridized carbons (Fsp3) is 0.571. The van der Waals surface area contributed by atoms with Crippen molar-refractivity contribution in [2.75, 3.05) is 0 Å². The van der Waals surface area contributed by atoms with E-state index in [0.717, 1.165) is 18.4 Å². The predicted octanol–water partition coefficient (Wildman–Crippen LogP) is 3.12. The Labute approximate surface area is 104 Å². The van der Waals surface area contributed by atoms with Crippen LogP contribution >= 0.6 is 0 Å². The summed E-state index contributed by atoms with van der Waals surface area (Å²) in [6.07, 6.45) is 5.28. The summed E-state index contributed by atoms with van der Waals surface area (Å²) >= 11 is 0. The van der Waals surface area contributed by atoms with Crippen LogP contribution in [0.15, 0.2) is 24.5 Å². The van der Waals surface area contributed by atoms with Crippen LogP contribution in [-0.2, 0) is 0 Å². The lowest BCUT2D eigenvalue weighted by atomic mass is 10.1. The van der Waals surface area contributed by atoms with Crippen LogP contribution in [0.3, 0.4) is 0 Å². The number of nitrogens with zero attached hydrogens (tertiary/aromatic N) is 2. The maximum atomic E-state index is 12.4. The Morgan fingerprint density at radius 3 is 2.06 bits per heavy atom. The number of aromatic nitrogens is 1. The molecule has 1 amide bonds. The Morgan fingerprint density at radius 1 is 1.18 bits per heavy atom. The molecule has 0 radical (unpaired) electrons. The van der Waals surface area contributed by atoms with E-state index in [1.54, 1.807) is 24.5 Å². The van der Waals surface area contributed by atoms with Gasteiger partial charge in [-0.25, -0.2) is 0 Å². The van der Waals surface area contributed by atoms with Gasteiger partial charge in [0.2, 0.25) is 0 Å². The number of pyridine rings is 1. The Hall–Kier alpha value is -1.38. The largest absolute Gasteiger partial charge is 0.333 e. The van der Waals surface area contributed by atoms with Gasteiger partial charge in [0.25, 0.3) is 5.91 Å². The van der Waals surface area contributed by atoms with Crippen molar-refractivity contribution in [1.82, 2.24) is 9.88 Å². The van der Waals surface area contributed by atoms with Crippen molar-refractivity contribution in [3.05, 3.63) is 30.1 Å². The molecule has 0 fully saturated rings. The predicted molar refractivity (Wildman–Crippen MR) is 69.9 cm³/mol. The monoisotopic (exact) mass is 234 g/mol. The van der Waals surface area contributed by atoms with Crippen LogP contribution in [0.4, 0.5) is 0 Å². The van der Waals surface area contributed by atoms with Gasteiger partial charge in [0, 0.05) is 30.0 Å². The van der Waals surface area contributed by atoms with Crippen LogP contribution in [0.25, 0.3) is 0 Å². The zero-order valence-electron chi connectivity index (χ0n) is 11.2. The minimum absolute atomic E-state index is 0.108. The fourth-order valence-corrected chi connectivity index (χ4v) is 1.87. The maximum absolute atomic E-state index is 12.4. The van der Waals surface area contributed by atoms with E-state index in [9.17, 15) is 4.79 Å². The van der Waals surface area contributed by atoms with Crippen molar-refractivity contribution in [3.63, 3.8) is 0 Å². The third-order valence-corrected chi connectivity index (χ3v) is 3.29. The molecule has 0 saturated heterocycles. The Morgan fingerprint density at radius 2 is 1.65 bits per heavy atom. The van der Waals surface area contributed by atoms with Crippen molar-refractivity contribution >= 4 is 5.91 Å². The molecule has 94 valence electrons. The van der Waals surface area contributed by atoms with Gasteiger partial charge in [-0.1, -0.05) is 13.8 Å². The lowest BCUT2D eigenvalue weighted by Gasteiger charge is -2.34. The first-order chi connectivity index (χ1) is 8.11. The zero-order chi connectivity index (χ0) is 12.8. The van der Waals surface area contributed by atoms with Crippen LogP contribution in [0.2, 0.25) is 0 Å². The highest BCUT2D eigenvalue weighted by atomic mass is 16.2. The van der Waals surface area contributed by atoms with E-state index in [2.05, 4.69) is 32.7 Å². The van der Waals surface area contributed by atoms with Crippen molar-refractivity contribution in [3.8, 4) is 0 Å². The molecular formula is C14H22N2O. The third kappa shape index (κ3) is 3.29. The van der Waals surface area contributed by atoms with Gasteiger partial charge in [0.05, 0.1) is 0 Å². The van der Waals surface area contributed by atoms with E-state index in [0.29, 0.717) is 0 Å². The van der Waals surface area contributed by atoms with Crippen LogP contribution in [-0.4, -0.2) is 27.9 Å². The second kappa shape index (κ2) is 6.38. The molecular weight excluding hydrogens is 212 g/mol. The van der Waals surface area contributed by atoms with E-state index in [1.165, 1.54) is 0 Å². The molecule has 0 N–H and O–H groups in total. The van der Waals surface area contributed by atoms with Crippen LogP contribution < -0.4 is 0 Å². The molecule has 0 bridgehead atoms. The number of carbonyl (C=O) groups is 1. The Bertz CT molecular complexity index is 340. The van der Waals surface area contributed by atoms with E-state index in [4.69, 9.17) is 0 Å². The summed E-state index contributed by atoms with van der Waals surface area (Å²) in [5.74, 6) is 0.108. The SMILES string of the molecule is CCC(C)N(C(=O)c1ccncc1)C(C)CC. The maximum Gasteiger partial charge on any atom is 0.254 e.